The Bertz CT molecular complexity index is 1050. The van der Waals surface area contributed by atoms with E-state index in [1.165, 1.54) is 6.20 Å². The maximum absolute atomic E-state index is 13.2. The zero-order valence-corrected chi connectivity index (χ0v) is 14.8. The first-order valence-electron chi connectivity index (χ1n) is 9.38. The zero-order valence-electron chi connectivity index (χ0n) is 14.8. The minimum atomic E-state index is -0.217. The van der Waals surface area contributed by atoms with Crippen LogP contribution in [0.4, 0.5) is 0 Å². The number of carbonyl (C=O) groups is 1. The Morgan fingerprint density at radius 3 is 2.85 bits per heavy atom. The molecule has 2 aromatic heterocycles. The van der Waals surface area contributed by atoms with Crippen molar-refractivity contribution in [1.82, 2.24) is 29.9 Å². The van der Waals surface area contributed by atoms with Gasteiger partial charge in [-0.1, -0.05) is 12.1 Å². The highest BCUT2D eigenvalue weighted by Gasteiger charge is 2.36. The van der Waals surface area contributed by atoms with E-state index >= 15 is 0 Å². The van der Waals surface area contributed by atoms with Crippen LogP contribution in [-0.4, -0.2) is 42.3 Å². The van der Waals surface area contributed by atoms with Gasteiger partial charge in [-0.05, 0) is 43.7 Å². The van der Waals surface area contributed by atoms with Gasteiger partial charge in [-0.2, -0.15) is 15.4 Å². The first kappa shape index (κ1) is 16.2. The zero-order chi connectivity index (χ0) is 18.4. The highest BCUT2D eigenvalue weighted by Crippen LogP contribution is 2.35. The molecule has 138 valence electrons. The average Bonchev–Trinajstić information content (AvgIpc) is 3.15. The van der Waals surface area contributed by atoms with Crippen LogP contribution >= 0.6 is 0 Å². The summed E-state index contributed by atoms with van der Waals surface area (Å²) in [5.74, 6) is 1.05. The molecule has 2 fully saturated rings. The smallest absolute Gasteiger partial charge is 0.276 e. The highest BCUT2D eigenvalue weighted by molar-refractivity contribution is 5.92. The van der Waals surface area contributed by atoms with Gasteiger partial charge in [0, 0.05) is 13.1 Å². The molecule has 8 heteroatoms. The van der Waals surface area contributed by atoms with Crippen molar-refractivity contribution in [3.05, 3.63) is 52.3 Å². The van der Waals surface area contributed by atoms with Crippen molar-refractivity contribution in [1.29, 1.82) is 0 Å². The summed E-state index contributed by atoms with van der Waals surface area (Å²) >= 11 is 0. The van der Waals surface area contributed by atoms with Gasteiger partial charge < -0.3 is 4.90 Å². The van der Waals surface area contributed by atoms with Gasteiger partial charge in [0.15, 0.2) is 5.69 Å². The summed E-state index contributed by atoms with van der Waals surface area (Å²) < 4.78 is 1.80. The molecular weight excluding hydrogens is 344 g/mol. The van der Waals surface area contributed by atoms with Gasteiger partial charge in [0.2, 0.25) is 0 Å². The van der Waals surface area contributed by atoms with Gasteiger partial charge >= 0.3 is 0 Å². The fourth-order valence-electron chi connectivity index (χ4n) is 3.90. The van der Waals surface area contributed by atoms with Crippen LogP contribution in [0.2, 0.25) is 0 Å². The number of para-hydroxylation sites is 1. The van der Waals surface area contributed by atoms with E-state index in [1.54, 1.807) is 9.47 Å². The summed E-state index contributed by atoms with van der Waals surface area (Å²) in [4.78, 5) is 32.7. The Kier molecular flexibility index (Phi) is 3.77. The lowest BCUT2D eigenvalue weighted by Crippen LogP contribution is -2.36. The third kappa shape index (κ3) is 2.81. The lowest BCUT2D eigenvalue weighted by molar-refractivity contribution is 0.0720. The van der Waals surface area contributed by atoms with Gasteiger partial charge in [0.25, 0.3) is 11.5 Å². The SMILES string of the molecule is O=C(c1cn[nH]n1)N1CCCC1c1nc2ccccc2c(=O)n1CC1CC1. The van der Waals surface area contributed by atoms with E-state index < -0.39 is 0 Å². The lowest BCUT2D eigenvalue weighted by Gasteiger charge is -2.26. The summed E-state index contributed by atoms with van der Waals surface area (Å²) in [7, 11) is 0. The lowest BCUT2D eigenvalue weighted by atomic mass is 10.1. The van der Waals surface area contributed by atoms with E-state index in [9.17, 15) is 9.59 Å². The van der Waals surface area contributed by atoms with Gasteiger partial charge in [0.1, 0.15) is 5.82 Å². The van der Waals surface area contributed by atoms with E-state index in [-0.39, 0.29) is 17.5 Å². The molecule has 27 heavy (non-hydrogen) atoms. The van der Waals surface area contributed by atoms with Crippen LogP contribution in [0.15, 0.2) is 35.3 Å². The molecule has 1 unspecified atom stereocenters. The standard InChI is InChI=1S/C19H20N6O2/c26-18-13-4-1-2-5-14(13)21-17(25(18)11-12-7-8-12)16-6-3-9-24(16)19(27)15-10-20-23-22-15/h1-2,4-5,10,12,16H,3,6-9,11H2,(H,20,22,23). The van der Waals surface area contributed by atoms with E-state index in [2.05, 4.69) is 15.4 Å². The molecule has 1 amide bonds. The third-order valence-electron chi connectivity index (χ3n) is 5.47. The summed E-state index contributed by atoms with van der Waals surface area (Å²) in [6.07, 6.45) is 5.39. The molecule has 5 rings (SSSR count). The number of aromatic nitrogens is 5. The number of carbonyl (C=O) groups excluding carboxylic acids is 1. The molecule has 0 bridgehead atoms. The number of benzene rings is 1. The number of aromatic amines is 1. The quantitative estimate of drug-likeness (QED) is 0.763. The molecule has 1 saturated carbocycles. The molecule has 3 aromatic rings. The Morgan fingerprint density at radius 2 is 2.07 bits per heavy atom. The van der Waals surface area contributed by atoms with Crippen molar-refractivity contribution in [2.75, 3.05) is 6.54 Å². The summed E-state index contributed by atoms with van der Waals surface area (Å²) in [5, 5.41) is 10.8. The van der Waals surface area contributed by atoms with E-state index in [4.69, 9.17) is 4.98 Å². The van der Waals surface area contributed by atoms with Crippen LogP contribution in [0, 0.1) is 5.92 Å². The number of rotatable bonds is 4. The summed E-state index contributed by atoms with van der Waals surface area (Å²) in [6.45, 7) is 1.30. The Balaban J connectivity index is 1.62. The molecule has 2 aliphatic rings. The molecule has 1 aliphatic heterocycles. The van der Waals surface area contributed by atoms with Crippen LogP contribution in [-0.2, 0) is 6.54 Å². The number of nitrogens with zero attached hydrogens (tertiary/aromatic N) is 5. The largest absolute Gasteiger partial charge is 0.327 e. The van der Waals surface area contributed by atoms with Gasteiger partial charge in [0.05, 0.1) is 23.1 Å². The van der Waals surface area contributed by atoms with Crippen molar-refractivity contribution in [3.63, 3.8) is 0 Å². The molecule has 1 saturated heterocycles. The van der Waals surface area contributed by atoms with E-state index in [0.717, 1.165) is 25.7 Å². The van der Waals surface area contributed by atoms with Crippen molar-refractivity contribution in [3.8, 4) is 0 Å². The van der Waals surface area contributed by atoms with Crippen molar-refractivity contribution >= 4 is 16.8 Å². The number of fused-ring (bicyclic) bond motifs is 1. The summed E-state index contributed by atoms with van der Waals surface area (Å²) in [6, 6.07) is 7.22. The van der Waals surface area contributed by atoms with Gasteiger partial charge in [-0.15, -0.1) is 0 Å². The number of hydrogen-bond acceptors (Lipinski definition) is 5. The second-order valence-electron chi connectivity index (χ2n) is 7.36. The number of amides is 1. The fraction of sp³-hybridized carbons (Fsp3) is 0.421. The molecule has 1 atom stereocenters. The van der Waals surface area contributed by atoms with E-state index in [1.807, 2.05) is 24.3 Å². The molecule has 0 radical (unpaired) electrons. The van der Waals surface area contributed by atoms with Crippen LogP contribution in [0.25, 0.3) is 10.9 Å². The molecule has 8 nitrogen and oxygen atoms in total. The Hall–Kier alpha value is -3.03. The second kappa shape index (κ2) is 6.29. The Morgan fingerprint density at radius 1 is 1.22 bits per heavy atom. The number of H-pyrrole nitrogens is 1. The number of likely N-dealkylation sites (tertiary alicyclic amines) is 1. The second-order valence-corrected chi connectivity index (χ2v) is 7.36. The molecule has 1 aromatic carbocycles. The molecular formula is C19H20N6O2. The van der Waals surface area contributed by atoms with Crippen molar-refractivity contribution in [2.24, 2.45) is 5.92 Å². The third-order valence-corrected chi connectivity index (χ3v) is 5.47. The van der Waals surface area contributed by atoms with Crippen molar-refractivity contribution < 1.29 is 4.79 Å². The van der Waals surface area contributed by atoms with E-state index in [0.29, 0.717) is 41.4 Å². The van der Waals surface area contributed by atoms with Gasteiger partial charge in [-0.25, -0.2) is 4.98 Å². The molecule has 0 spiro atoms. The van der Waals surface area contributed by atoms with Crippen LogP contribution in [0.3, 0.4) is 0 Å². The molecule has 1 aliphatic carbocycles. The minimum Gasteiger partial charge on any atom is -0.327 e. The highest BCUT2D eigenvalue weighted by atomic mass is 16.2. The number of nitrogens with one attached hydrogen (secondary N) is 1. The predicted octanol–water partition coefficient (Wildman–Crippen LogP) is 1.90. The number of hydrogen-bond donors (Lipinski definition) is 1. The van der Waals surface area contributed by atoms with Gasteiger partial charge in [-0.3, -0.25) is 14.2 Å². The topological polar surface area (TPSA) is 96.8 Å². The minimum absolute atomic E-state index is 0.0109. The first-order chi connectivity index (χ1) is 13.2. The molecule has 1 N–H and O–H groups in total. The maximum Gasteiger partial charge on any atom is 0.276 e. The summed E-state index contributed by atoms with van der Waals surface area (Å²) in [5.41, 5.74) is 0.965. The van der Waals surface area contributed by atoms with Crippen LogP contribution < -0.4 is 5.56 Å². The van der Waals surface area contributed by atoms with Crippen molar-refractivity contribution in [2.45, 2.75) is 38.3 Å². The predicted molar refractivity (Wildman–Crippen MR) is 98.1 cm³/mol. The maximum atomic E-state index is 13.2. The Labute approximate surface area is 155 Å². The van der Waals surface area contributed by atoms with Crippen LogP contribution in [0.1, 0.15) is 48.0 Å². The fourth-order valence-corrected chi connectivity index (χ4v) is 3.90. The normalized spacial score (nSPS) is 19.7. The first-order valence-corrected chi connectivity index (χ1v) is 9.38. The van der Waals surface area contributed by atoms with Crippen LogP contribution in [0.5, 0.6) is 0 Å². The molecule has 3 heterocycles. The average molecular weight is 364 g/mol. The monoisotopic (exact) mass is 364 g/mol.